The molecule has 3 fully saturated rings. The van der Waals surface area contributed by atoms with E-state index in [4.69, 9.17) is 0 Å². The van der Waals surface area contributed by atoms with Gasteiger partial charge in [0.2, 0.25) is 0 Å². The Morgan fingerprint density at radius 3 is 2.62 bits per heavy atom. The Morgan fingerprint density at radius 2 is 1.85 bits per heavy atom. The fourth-order valence-corrected chi connectivity index (χ4v) is 3.70. The molecule has 0 aromatic carbocycles. The molecule has 134 valence electrons. The minimum atomic E-state index is -4.47. The molecular weight excluding hydrogens is 349 g/mol. The minimum Gasteiger partial charge on any atom is -0.351 e. The number of piperazine rings is 1. The summed E-state index contributed by atoms with van der Waals surface area (Å²) in [6.45, 7) is 1.34. The van der Waals surface area contributed by atoms with Gasteiger partial charge in [-0.05, 0) is 18.6 Å². The van der Waals surface area contributed by atoms with Crippen LogP contribution in [-0.2, 0) is 6.18 Å². The van der Waals surface area contributed by atoms with Crippen LogP contribution < -0.4 is 9.80 Å². The Labute approximate surface area is 145 Å². The van der Waals surface area contributed by atoms with Crippen LogP contribution in [0.5, 0.6) is 0 Å². The maximum atomic E-state index is 12.9. The van der Waals surface area contributed by atoms with Gasteiger partial charge in [0.25, 0.3) is 0 Å². The molecule has 2 unspecified atom stereocenters. The summed E-state index contributed by atoms with van der Waals surface area (Å²) in [7, 11) is 0. The van der Waals surface area contributed by atoms with Crippen molar-refractivity contribution in [1.82, 2.24) is 29.8 Å². The number of piperidine rings is 1. The zero-order chi connectivity index (χ0) is 17.9. The van der Waals surface area contributed by atoms with Crippen molar-refractivity contribution in [3.63, 3.8) is 0 Å². The topological polar surface area (TPSA) is 75.3 Å². The highest BCUT2D eigenvalue weighted by atomic mass is 19.4. The summed E-state index contributed by atoms with van der Waals surface area (Å²) in [5, 5.41) is 12.2. The van der Waals surface area contributed by atoms with E-state index in [0.717, 1.165) is 24.6 Å². The van der Waals surface area contributed by atoms with E-state index in [2.05, 4.69) is 30.2 Å². The predicted molar refractivity (Wildman–Crippen MR) is 84.7 cm³/mol. The lowest BCUT2D eigenvalue weighted by molar-refractivity contribution is -0.141. The van der Waals surface area contributed by atoms with E-state index in [1.54, 1.807) is 4.52 Å². The quantitative estimate of drug-likeness (QED) is 0.682. The normalized spacial score (nSPS) is 22.6. The first-order chi connectivity index (χ1) is 12.5. The van der Waals surface area contributed by atoms with Crippen molar-refractivity contribution in [3.8, 4) is 0 Å². The van der Waals surface area contributed by atoms with Crippen LogP contribution in [0.2, 0.25) is 0 Å². The molecule has 8 nitrogen and oxygen atoms in total. The van der Waals surface area contributed by atoms with E-state index in [1.165, 1.54) is 6.33 Å². The third-order valence-electron chi connectivity index (χ3n) is 4.87. The second-order valence-corrected chi connectivity index (χ2v) is 6.44. The van der Waals surface area contributed by atoms with Gasteiger partial charge in [-0.25, -0.2) is 9.97 Å². The van der Waals surface area contributed by atoms with Crippen molar-refractivity contribution in [2.24, 2.45) is 0 Å². The van der Waals surface area contributed by atoms with Crippen molar-refractivity contribution in [2.75, 3.05) is 22.9 Å². The van der Waals surface area contributed by atoms with Gasteiger partial charge < -0.3 is 9.80 Å². The lowest BCUT2D eigenvalue weighted by Crippen LogP contribution is -2.69. The van der Waals surface area contributed by atoms with Crippen LogP contribution in [0.25, 0.3) is 5.65 Å². The Balaban J connectivity index is 1.37. The second kappa shape index (κ2) is 5.26. The minimum absolute atomic E-state index is 0.100. The number of halogens is 3. The number of anilines is 2. The first-order valence-corrected chi connectivity index (χ1v) is 8.08. The van der Waals surface area contributed by atoms with Crippen LogP contribution in [0.4, 0.5) is 24.8 Å². The lowest BCUT2D eigenvalue weighted by Gasteiger charge is -2.57. The Morgan fingerprint density at radius 1 is 1.04 bits per heavy atom. The zero-order valence-electron chi connectivity index (χ0n) is 13.4. The van der Waals surface area contributed by atoms with Crippen LogP contribution >= 0.6 is 0 Å². The van der Waals surface area contributed by atoms with Crippen LogP contribution in [-0.4, -0.2) is 55.0 Å². The van der Waals surface area contributed by atoms with E-state index in [-0.39, 0.29) is 12.1 Å². The van der Waals surface area contributed by atoms with Gasteiger partial charge in [-0.2, -0.15) is 17.7 Å². The average molecular weight is 362 g/mol. The molecule has 3 aromatic rings. The number of nitrogens with zero attached hydrogens (tertiary/aromatic N) is 8. The van der Waals surface area contributed by atoms with Crippen molar-refractivity contribution in [3.05, 3.63) is 36.5 Å². The van der Waals surface area contributed by atoms with Crippen LogP contribution in [0.1, 0.15) is 12.1 Å². The number of aromatic nitrogens is 6. The number of alkyl halides is 3. The molecule has 2 atom stereocenters. The summed E-state index contributed by atoms with van der Waals surface area (Å²) in [5.74, 6) is 1.13. The van der Waals surface area contributed by atoms with Gasteiger partial charge in [-0.15, -0.1) is 15.3 Å². The van der Waals surface area contributed by atoms with Crippen molar-refractivity contribution >= 4 is 17.3 Å². The summed E-state index contributed by atoms with van der Waals surface area (Å²) >= 11 is 0. The third kappa shape index (κ3) is 2.34. The van der Waals surface area contributed by atoms with Crippen molar-refractivity contribution < 1.29 is 13.2 Å². The molecule has 3 aliphatic rings. The summed E-state index contributed by atoms with van der Waals surface area (Å²) in [6.07, 6.45) is -1.03. The maximum absolute atomic E-state index is 12.9. The average Bonchev–Trinajstić information content (AvgIpc) is 3.09. The molecule has 0 aliphatic carbocycles. The molecule has 3 saturated heterocycles. The fraction of sp³-hybridized carbons (Fsp3) is 0.400. The molecule has 3 aromatic heterocycles. The van der Waals surface area contributed by atoms with Crippen LogP contribution in [0.15, 0.2) is 30.9 Å². The molecule has 0 amide bonds. The van der Waals surface area contributed by atoms with Crippen molar-refractivity contribution in [1.29, 1.82) is 0 Å². The van der Waals surface area contributed by atoms with Gasteiger partial charge in [0.1, 0.15) is 30.0 Å². The molecule has 3 aliphatic heterocycles. The SMILES string of the molecule is FC(F)(F)c1cc(N2C3CC2CN(c2ccc4nncn4n2)C3)ncn1. The summed E-state index contributed by atoms with van der Waals surface area (Å²) in [6, 6.07) is 4.95. The molecule has 11 heteroatoms. The maximum Gasteiger partial charge on any atom is 0.433 e. The molecule has 2 bridgehead atoms. The summed E-state index contributed by atoms with van der Waals surface area (Å²) in [4.78, 5) is 11.5. The summed E-state index contributed by atoms with van der Waals surface area (Å²) in [5.41, 5.74) is -0.248. The van der Waals surface area contributed by atoms with E-state index in [1.807, 2.05) is 17.0 Å². The molecule has 26 heavy (non-hydrogen) atoms. The first-order valence-electron chi connectivity index (χ1n) is 8.08. The van der Waals surface area contributed by atoms with Crippen molar-refractivity contribution in [2.45, 2.75) is 24.7 Å². The molecule has 6 rings (SSSR count). The Kier molecular flexibility index (Phi) is 3.09. The smallest absolute Gasteiger partial charge is 0.351 e. The number of rotatable bonds is 2. The zero-order valence-corrected chi connectivity index (χ0v) is 13.4. The Bertz CT molecular complexity index is 959. The molecule has 6 heterocycles. The van der Waals surface area contributed by atoms with Gasteiger partial charge in [0.05, 0.1) is 12.1 Å². The first kappa shape index (κ1) is 15.3. The van der Waals surface area contributed by atoms with Gasteiger partial charge in [0, 0.05) is 19.2 Å². The third-order valence-corrected chi connectivity index (χ3v) is 4.87. The lowest BCUT2D eigenvalue weighted by atomic mass is 9.87. The molecule has 0 saturated carbocycles. The monoisotopic (exact) mass is 362 g/mol. The highest BCUT2D eigenvalue weighted by Gasteiger charge is 2.46. The highest BCUT2D eigenvalue weighted by molar-refractivity contribution is 5.53. The number of fused-ring (bicyclic) bond motifs is 3. The number of hydrogen-bond donors (Lipinski definition) is 0. The van der Waals surface area contributed by atoms with E-state index in [0.29, 0.717) is 24.6 Å². The van der Waals surface area contributed by atoms with Crippen LogP contribution in [0.3, 0.4) is 0 Å². The van der Waals surface area contributed by atoms with E-state index in [9.17, 15) is 13.2 Å². The predicted octanol–water partition coefficient (Wildman–Crippen LogP) is 1.40. The van der Waals surface area contributed by atoms with Gasteiger partial charge >= 0.3 is 6.18 Å². The Hall–Kier alpha value is -2.98. The van der Waals surface area contributed by atoms with Gasteiger partial charge in [-0.1, -0.05) is 0 Å². The van der Waals surface area contributed by atoms with E-state index >= 15 is 0 Å². The molecular formula is C15H13F3N8. The fourth-order valence-electron chi connectivity index (χ4n) is 3.70. The van der Waals surface area contributed by atoms with Crippen LogP contribution in [0, 0.1) is 0 Å². The summed E-state index contributed by atoms with van der Waals surface area (Å²) < 4.78 is 40.3. The highest BCUT2D eigenvalue weighted by Crippen LogP contribution is 2.38. The second-order valence-electron chi connectivity index (χ2n) is 6.44. The largest absolute Gasteiger partial charge is 0.433 e. The van der Waals surface area contributed by atoms with Gasteiger partial charge in [-0.3, -0.25) is 0 Å². The molecule has 0 spiro atoms. The standard InChI is InChI=1S/C15H13F3N8/c16-15(17,18)11-4-14(20-7-19-11)26-9-3-10(26)6-24(5-9)13-2-1-12-22-21-8-25(12)23-13/h1-2,4,7-10H,3,5-6H2. The molecule has 0 radical (unpaired) electrons. The molecule has 0 N–H and O–H groups in total. The van der Waals surface area contributed by atoms with Gasteiger partial charge in [0.15, 0.2) is 5.65 Å². The van der Waals surface area contributed by atoms with E-state index < -0.39 is 11.9 Å². The number of hydrogen-bond acceptors (Lipinski definition) is 7.